The first-order valence-corrected chi connectivity index (χ1v) is 8.87. The van der Waals surface area contributed by atoms with Gasteiger partial charge in [0, 0.05) is 13.6 Å². The molecule has 0 aromatic carbocycles. The first-order valence-electron chi connectivity index (χ1n) is 7.05. The number of likely N-dealkylation sites (N-methyl/N-ethyl adjacent to an activating group) is 1. The van der Waals surface area contributed by atoms with E-state index in [4.69, 9.17) is 13.8 Å². The van der Waals surface area contributed by atoms with Crippen LogP contribution in [0.2, 0.25) is 0 Å². The summed E-state index contributed by atoms with van der Waals surface area (Å²) in [6.45, 7) is 5.24. The van der Waals surface area contributed by atoms with Crippen molar-refractivity contribution in [1.29, 1.82) is 0 Å². The van der Waals surface area contributed by atoms with Crippen LogP contribution in [0, 0.1) is 0 Å². The SMILES string of the molecule is CON(C)C(=O)C1C(OS(C)(=O)=O)CCN1C(=O)OC(C)(C)C. The number of carbonyl (C=O) groups excluding carboxylic acids is 2. The van der Waals surface area contributed by atoms with Crippen LogP contribution in [0.25, 0.3) is 0 Å². The zero-order valence-corrected chi connectivity index (χ0v) is 15.0. The van der Waals surface area contributed by atoms with Gasteiger partial charge in [0.25, 0.3) is 16.0 Å². The van der Waals surface area contributed by atoms with Crippen LogP contribution in [-0.4, -0.2) is 75.1 Å². The van der Waals surface area contributed by atoms with E-state index in [2.05, 4.69) is 0 Å². The van der Waals surface area contributed by atoms with Gasteiger partial charge in [-0.25, -0.2) is 9.86 Å². The Bertz CT molecular complexity index is 555. The van der Waals surface area contributed by atoms with Crippen LogP contribution in [0.5, 0.6) is 0 Å². The predicted molar refractivity (Wildman–Crippen MR) is 80.8 cm³/mol. The van der Waals surface area contributed by atoms with E-state index in [1.54, 1.807) is 20.8 Å². The fourth-order valence-corrected chi connectivity index (χ4v) is 2.83. The average molecular weight is 352 g/mol. The summed E-state index contributed by atoms with van der Waals surface area (Å²) >= 11 is 0. The fraction of sp³-hybridized carbons (Fsp3) is 0.846. The highest BCUT2D eigenvalue weighted by Crippen LogP contribution is 2.26. The molecule has 1 aliphatic rings. The number of hydroxylamine groups is 2. The molecule has 1 aliphatic heterocycles. The minimum atomic E-state index is -3.78. The molecule has 10 heteroatoms. The zero-order valence-electron chi connectivity index (χ0n) is 14.2. The Balaban J connectivity index is 3.05. The second-order valence-corrected chi connectivity index (χ2v) is 7.87. The summed E-state index contributed by atoms with van der Waals surface area (Å²) < 4.78 is 33.0. The number of hydrogen-bond donors (Lipinski definition) is 0. The third kappa shape index (κ3) is 5.63. The maximum absolute atomic E-state index is 12.4. The molecule has 0 spiro atoms. The lowest BCUT2D eigenvalue weighted by atomic mass is 10.1. The topological polar surface area (TPSA) is 102 Å². The van der Waals surface area contributed by atoms with Crippen molar-refractivity contribution in [3.63, 3.8) is 0 Å². The Morgan fingerprint density at radius 2 is 1.83 bits per heavy atom. The first kappa shape index (κ1) is 19.7. The number of amides is 2. The third-order valence-electron chi connectivity index (χ3n) is 3.11. The van der Waals surface area contributed by atoms with E-state index < -0.39 is 39.9 Å². The molecule has 1 heterocycles. The Kier molecular flexibility index (Phi) is 6.00. The normalized spacial score (nSPS) is 22.1. The van der Waals surface area contributed by atoms with Crippen molar-refractivity contribution in [2.24, 2.45) is 0 Å². The molecule has 134 valence electrons. The van der Waals surface area contributed by atoms with Crippen LogP contribution in [0.3, 0.4) is 0 Å². The number of hydrogen-bond acceptors (Lipinski definition) is 7. The lowest BCUT2D eigenvalue weighted by Gasteiger charge is -2.31. The molecule has 23 heavy (non-hydrogen) atoms. The van der Waals surface area contributed by atoms with Gasteiger partial charge >= 0.3 is 6.09 Å². The minimum absolute atomic E-state index is 0.142. The number of ether oxygens (including phenoxy) is 1. The van der Waals surface area contributed by atoms with Crippen LogP contribution >= 0.6 is 0 Å². The second-order valence-electron chi connectivity index (χ2n) is 6.26. The van der Waals surface area contributed by atoms with Gasteiger partial charge in [-0.05, 0) is 27.2 Å². The molecule has 0 bridgehead atoms. The quantitative estimate of drug-likeness (QED) is 0.532. The van der Waals surface area contributed by atoms with E-state index in [0.717, 1.165) is 11.3 Å². The van der Waals surface area contributed by atoms with Crippen LogP contribution in [0.1, 0.15) is 27.2 Å². The van der Waals surface area contributed by atoms with Gasteiger partial charge in [0.2, 0.25) is 0 Å². The molecule has 2 atom stereocenters. The predicted octanol–water partition coefficient (Wildman–Crippen LogP) is 0.360. The Hall–Kier alpha value is -1.39. The molecule has 1 rings (SSSR count). The summed E-state index contributed by atoms with van der Waals surface area (Å²) in [6.07, 6.45) is -0.604. The van der Waals surface area contributed by atoms with Gasteiger partial charge in [0.1, 0.15) is 17.7 Å². The maximum atomic E-state index is 12.4. The summed E-state index contributed by atoms with van der Waals surface area (Å²) in [7, 11) is -1.13. The van der Waals surface area contributed by atoms with Crippen molar-refractivity contribution in [3.8, 4) is 0 Å². The van der Waals surface area contributed by atoms with Crippen molar-refractivity contribution < 1.29 is 31.8 Å². The van der Waals surface area contributed by atoms with Crippen molar-refractivity contribution in [1.82, 2.24) is 9.96 Å². The smallest absolute Gasteiger partial charge is 0.411 e. The number of carbonyl (C=O) groups is 2. The molecule has 1 saturated heterocycles. The largest absolute Gasteiger partial charge is 0.444 e. The number of nitrogens with zero attached hydrogens (tertiary/aromatic N) is 2. The van der Waals surface area contributed by atoms with E-state index in [0.29, 0.717) is 0 Å². The van der Waals surface area contributed by atoms with Gasteiger partial charge in [-0.15, -0.1) is 0 Å². The van der Waals surface area contributed by atoms with E-state index in [1.807, 2.05) is 0 Å². The van der Waals surface area contributed by atoms with Crippen molar-refractivity contribution in [3.05, 3.63) is 0 Å². The fourth-order valence-electron chi connectivity index (χ4n) is 2.18. The van der Waals surface area contributed by atoms with E-state index in [-0.39, 0.29) is 13.0 Å². The minimum Gasteiger partial charge on any atom is -0.444 e. The van der Waals surface area contributed by atoms with E-state index in [1.165, 1.54) is 19.1 Å². The molecule has 1 fully saturated rings. The van der Waals surface area contributed by atoms with Gasteiger partial charge in [0.05, 0.1) is 13.4 Å². The summed E-state index contributed by atoms with van der Waals surface area (Å²) in [5, 5.41) is 0.923. The highest BCUT2D eigenvalue weighted by Gasteiger charge is 2.47. The standard InChI is InChI=1S/C13H24N2O7S/c1-13(2,3)21-12(17)15-8-7-9(22-23(6,18)19)10(15)11(16)14(4)20-5/h9-10H,7-8H2,1-6H3. The molecule has 0 aliphatic carbocycles. The molecule has 9 nitrogen and oxygen atoms in total. The first-order chi connectivity index (χ1) is 10.4. The molecular formula is C13H24N2O7S. The Labute approximate surface area is 136 Å². The van der Waals surface area contributed by atoms with Crippen LogP contribution in [0.15, 0.2) is 0 Å². The summed E-state index contributed by atoms with van der Waals surface area (Å²) in [5.74, 6) is -0.593. The zero-order chi connectivity index (χ0) is 18.0. The lowest BCUT2D eigenvalue weighted by molar-refractivity contribution is -0.175. The molecule has 2 unspecified atom stereocenters. The molecule has 0 radical (unpaired) electrons. The molecule has 0 aromatic heterocycles. The monoisotopic (exact) mass is 352 g/mol. The van der Waals surface area contributed by atoms with Crippen LogP contribution < -0.4 is 0 Å². The van der Waals surface area contributed by atoms with Gasteiger partial charge in [0.15, 0.2) is 0 Å². The van der Waals surface area contributed by atoms with Crippen molar-refractivity contribution >= 4 is 22.1 Å². The van der Waals surface area contributed by atoms with Crippen molar-refractivity contribution in [2.45, 2.75) is 44.9 Å². The highest BCUT2D eigenvalue weighted by atomic mass is 32.2. The highest BCUT2D eigenvalue weighted by molar-refractivity contribution is 7.86. The molecule has 0 aromatic rings. The number of likely N-dealkylation sites (tertiary alicyclic amines) is 1. The van der Waals surface area contributed by atoms with Crippen LogP contribution in [0.4, 0.5) is 4.79 Å². The number of rotatable bonds is 4. The molecular weight excluding hydrogens is 328 g/mol. The molecule has 2 amide bonds. The van der Waals surface area contributed by atoms with Gasteiger partial charge < -0.3 is 4.74 Å². The summed E-state index contributed by atoms with van der Waals surface area (Å²) in [5.41, 5.74) is -0.742. The Morgan fingerprint density at radius 1 is 1.26 bits per heavy atom. The van der Waals surface area contributed by atoms with Gasteiger partial charge in [-0.1, -0.05) is 0 Å². The third-order valence-corrected chi connectivity index (χ3v) is 3.70. The van der Waals surface area contributed by atoms with Gasteiger partial charge in [-0.3, -0.25) is 18.7 Å². The molecule has 0 saturated carbocycles. The lowest BCUT2D eigenvalue weighted by Crippen LogP contribution is -2.52. The van der Waals surface area contributed by atoms with E-state index >= 15 is 0 Å². The van der Waals surface area contributed by atoms with Crippen LogP contribution in [-0.2, 0) is 28.7 Å². The Morgan fingerprint density at radius 3 is 2.26 bits per heavy atom. The van der Waals surface area contributed by atoms with Crippen molar-refractivity contribution in [2.75, 3.05) is 27.0 Å². The summed E-state index contributed by atoms with van der Waals surface area (Å²) in [4.78, 5) is 30.7. The van der Waals surface area contributed by atoms with E-state index in [9.17, 15) is 18.0 Å². The summed E-state index contributed by atoms with van der Waals surface area (Å²) in [6, 6.07) is -1.13. The maximum Gasteiger partial charge on any atom is 0.411 e. The average Bonchev–Trinajstić information content (AvgIpc) is 2.76. The second kappa shape index (κ2) is 7.02. The molecule has 0 N–H and O–H groups in total. The van der Waals surface area contributed by atoms with Gasteiger partial charge in [-0.2, -0.15) is 8.42 Å².